The van der Waals surface area contributed by atoms with Gasteiger partial charge in [-0.05, 0) is 44.0 Å². The van der Waals surface area contributed by atoms with E-state index in [1.165, 1.54) is 31.2 Å². The summed E-state index contributed by atoms with van der Waals surface area (Å²) in [5, 5.41) is 0. The van der Waals surface area contributed by atoms with Crippen molar-refractivity contribution in [1.29, 1.82) is 0 Å². The molecule has 1 aromatic carbocycles. The number of carbonyl (C=O) groups is 5. The lowest BCUT2D eigenvalue weighted by Gasteiger charge is -2.30. The van der Waals surface area contributed by atoms with Gasteiger partial charge in [-0.2, -0.15) is 0 Å². The van der Waals surface area contributed by atoms with Crippen molar-refractivity contribution in [2.45, 2.75) is 39.2 Å². The quantitative estimate of drug-likeness (QED) is 0.380. The molecule has 2 saturated heterocycles. The average Bonchev–Trinajstić information content (AvgIpc) is 3.05. The third-order valence-electron chi connectivity index (χ3n) is 5.46. The van der Waals surface area contributed by atoms with Gasteiger partial charge in [-0.1, -0.05) is 0 Å². The van der Waals surface area contributed by atoms with Crippen molar-refractivity contribution in [3.05, 3.63) is 29.8 Å². The van der Waals surface area contributed by atoms with Crippen LogP contribution in [0.15, 0.2) is 24.3 Å². The minimum absolute atomic E-state index is 0.0116. The van der Waals surface area contributed by atoms with Crippen molar-refractivity contribution in [2.24, 2.45) is 5.92 Å². The molecular weight excluding hydrogens is 404 g/mol. The number of ether oxygens (including phenoxy) is 1. The summed E-state index contributed by atoms with van der Waals surface area (Å²) in [6.45, 7) is 4.49. The van der Waals surface area contributed by atoms with Crippen LogP contribution in [0, 0.1) is 5.92 Å². The number of benzene rings is 1. The molecule has 2 N–H and O–H groups in total. The number of nitrogens with zero attached hydrogens (tertiary/aromatic N) is 2. The first kappa shape index (κ1) is 22.4. The lowest BCUT2D eigenvalue weighted by molar-refractivity contribution is -0.134. The first-order chi connectivity index (χ1) is 14.8. The van der Waals surface area contributed by atoms with E-state index in [0.717, 1.165) is 4.90 Å². The molecule has 0 bridgehead atoms. The fourth-order valence-electron chi connectivity index (χ4n) is 3.69. The highest BCUT2D eigenvalue weighted by molar-refractivity contribution is 6.22. The van der Waals surface area contributed by atoms with E-state index < -0.39 is 23.8 Å². The van der Waals surface area contributed by atoms with E-state index in [1.54, 1.807) is 11.8 Å². The number of hydrazine groups is 1. The van der Waals surface area contributed by atoms with Gasteiger partial charge in [0.2, 0.25) is 17.7 Å². The van der Waals surface area contributed by atoms with Crippen molar-refractivity contribution in [1.82, 2.24) is 15.8 Å². The molecule has 0 spiro atoms. The van der Waals surface area contributed by atoms with Crippen LogP contribution in [0.1, 0.15) is 43.5 Å². The number of rotatable bonds is 6. The Morgan fingerprint density at radius 3 is 2.32 bits per heavy atom. The lowest BCUT2D eigenvalue weighted by Crippen LogP contribution is -2.51. The number of hydrogen-bond donors (Lipinski definition) is 2. The second-order valence-corrected chi connectivity index (χ2v) is 7.51. The summed E-state index contributed by atoms with van der Waals surface area (Å²) in [6, 6.07) is 5.11. The maximum Gasteiger partial charge on any atom is 0.338 e. The van der Waals surface area contributed by atoms with Crippen molar-refractivity contribution in [2.75, 3.05) is 24.6 Å². The average molecular weight is 430 g/mol. The fraction of sp³-hybridized carbons (Fsp3) is 0.476. The van der Waals surface area contributed by atoms with Crippen molar-refractivity contribution in [3.8, 4) is 0 Å². The van der Waals surface area contributed by atoms with Gasteiger partial charge < -0.3 is 9.64 Å². The Morgan fingerprint density at radius 2 is 1.74 bits per heavy atom. The van der Waals surface area contributed by atoms with Crippen LogP contribution >= 0.6 is 0 Å². The number of likely N-dealkylation sites (tertiary alicyclic amines) is 1. The van der Waals surface area contributed by atoms with E-state index in [9.17, 15) is 24.0 Å². The van der Waals surface area contributed by atoms with Gasteiger partial charge in [0.25, 0.3) is 5.91 Å². The zero-order valence-electron chi connectivity index (χ0n) is 17.6. The maximum absolute atomic E-state index is 12.7. The molecule has 2 fully saturated rings. The van der Waals surface area contributed by atoms with Gasteiger partial charge in [0.05, 0.1) is 24.3 Å². The van der Waals surface area contributed by atoms with Crippen LogP contribution in [0.3, 0.4) is 0 Å². The number of nitrogens with one attached hydrogen (secondary N) is 2. The SMILES string of the molecule is CCOC(=O)c1ccc(N2C(=O)CC(NNC(=O)C3CCN(C(C)=O)CC3)C2=O)cc1. The first-order valence-corrected chi connectivity index (χ1v) is 10.3. The summed E-state index contributed by atoms with van der Waals surface area (Å²) in [5.74, 6) is -1.91. The number of piperidine rings is 1. The smallest absolute Gasteiger partial charge is 0.338 e. The largest absolute Gasteiger partial charge is 0.462 e. The molecule has 1 unspecified atom stereocenters. The maximum atomic E-state index is 12.7. The van der Waals surface area contributed by atoms with Crippen LogP contribution in [-0.4, -0.2) is 60.2 Å². The molecule has 1 aromatic rings. The van der Waals surface area contributed by atoms with Gasteiger partial charge in [-0.25, -0.2) is 15.1 Å². The van der Waals surface area contributed by atoms with Crippen LogP contribution in [0.25, 0.3) is 0 Å². The third-order valence-corrected chi connectivity index (χ3v) is 5.46. The van der Waals surface area contributed by atoms with Crippen LogP contribution in [0.4, 0.5) is 5.69 Å². The Balaban J connectivity index is 1.55. The van der Waals surface area contributed by atoms with Crippen molar-refractivity contribution >= 4 is 35.3 Å². The Hall–Kier alpha value is -3.27. The van der Waals surface area contributed by atoms with Gasteiger partial charge in [0.1, 0.15) is 6.04 Å². The number of imide groups is 1. The molecule has 31 heavy (non-hydrogen) atoms. The molecule has 10 nitrogen and oxygen atoms in total. The zero-order chi connectivity index (χ0) is 22.5. The summed E-state index contributed by atoms with van der Waals surface area (Å²) >= 11 is 0. The van der Waals surface area contributed by atoms with E-state index >= 15 is 0 Å². The van der Waals surface area contributed by atoms with E-state index in [1.807, 2.05) is 0 Å². The number of hydrogen-bond acceptors (Lipinski definition) is 7. The molecular formula is C21H26N4O6. The number of esters is 1. The zero-order valence-corrected chi connectivity index (χ0v) is 17.6. The molecule has 3 rings (SSSR count). The highest BCUT2D eigenvalue weighted by Gasteiger charge is 2.40. The van der Waals surface area contributed by atoms with Crippen molar-refractivity contribution in [3.63, 3.8) is 0 Å². The summed E-state index contributed by atoms with van der Waals surface area (Å²) in [6.07, 6.45) is 0.995. The Morgan fingerprint density at radius 1 is 1.10 bits per heavy atom. The van der Waals surface area contributed by atoms with Crippen LogP contribution in [-0.2, 0) is 23.9 Å². The van der Waals surface area contributed by atoms with Gasteiger partial charge in [0.15, 0.2) is 0 Å². The summed E-state index contributed by atoms with van der Waals surface area (Å²) in [5.41, 5.74) is 5.88. The highest BCUT2D eigenvalue weighted by Crippen LogP contribution is 2.23. The van der Waals surface area contributed by atoms with Crippen LogP contribution in [0.2, 0.25) is 0 Å². The predicted molar refractivity (Wildman–Crippen MR) is 110 cm³/mol. The first-order valence-electron chi connectivity index (χ1n) is 10.3. The lowest BCUT2D eigenvalue weighted by atomic mass is 9.96. The van der Waals surface area contributed by atoms with E-state index in [-0.39, 0.29) is 30.8 Å². The third kappa shape index (κ3) is 5.08. The topological polar surface area (TPSA) is 125 Å². The Bertz CT molecular complexity index is 876. The second-order valence-electron chi connectivity index (χ2n) is 7.51. The molecule has 2 aliphatic heterocycles. The van der Waals surface area contributed by atoms with E-state index in [0.29, 0.717) is 37.2 Å². The second kappa shape index (κ2) is 9.69. The standard InChI is InChI=1S/C21H26N4O6/c1-3-31-21(30)15-4-6-16(7-5-15)25-18(27)12-17(20(25)29)22-23-19(28)14-8-10-24(11-9-14)13(2)26/h4-7,14,17,22H,3,8-12H2,1-2H3,(H,23,28). The number of anilines is 1. The molecule has 0 aromatic heterocycles. The van der Waals surface area contributed by atoms with Crippen molar-refractivity contribution < 1.29 is 28.7 Å². The molecule has 2 aliphatic rings. The van der Waals surface area contributed by atoms with Crippen LogP contribution < -0.4 is 15.8 Å². The summed E-state index contributed by atoms with van der Waals surface area (Å²) in [7, 11) is 0. The fourth-order valence-corrected chi connectivity index (χ4v) is 3.69. The molecule has 4 amide bonds. The van der Waals surface area contributed by atoms with Gasteiger partial charge in [-0.3, -0.25) is 24.6 Å². The normalized spacial score (nSPS) is 19.5. The monoisotopic (exact) mass is 430 g/mol. The molecule has 0 radical (unpaired) electrons. The molecule has 2 heterocycles. The minimum Gasteiger partial charge on any atom is -0.462 e. The molecule has 166 valence electrons. The molecule has 10 heteroatoms. The Kier molecular flexibility index (Phi) is 7.01. The summed E-state index contributed by atoms with van der Waals surface area (Å²) in [4.78, 5) is 63.3. The predicted octanol–water partition coefficient (Wildman–Crippen LogP) is 0.375. The molecule has 1 atom stereocenters. The van der Waals surface area contributed by atoms with Gasteiger partial charge >= 0.3 is 5.97 Å². The van der Waals surface area contributed by atoms with Gasteiger partial charge in [-0.15, -0.1) is 0 Å². The molecule has 0 saturated carbocycles. The number of carbonyl (C=O) groups excluding carboxylic acids is 5. The Labute approximate surface area is 179 Å². The number of amides is 4. The van der Waals surface area contributed by atoms with E-state index in [4.69, 9.17) is 4.74 Å². The summed E-state index contributed by atoms with van der Waals surface area (Å²) < 4.78 is 4.92. The van der Waals surface area contributed by atoms with Crippen LogP contribution in [0.5, 0.6) is 0 Å². The molecule has 0 aliphatic carbocycles. The van der Waals surface area contributed by atoms with E-state index in [2.05, 4.69) is 10.9 Å². The minimum atomic E-state index is -0.876. The van der Waals surface area contributed by atoms with Gasteiger partial charge in [0, 0.05) is 25.9 Å². The highest BCUT2D eigenvalue weighted by atomic mass is 16.5.